The van der Waals surface area contributed by atoms with Crippen molar-refractivity contribution in [1.29, 1.82) is 0 Å². The lowest BCUT2D eigenvalue weighted by Crippen LogP contribution is -2.47. The van der Waals surface area contributed by atoms with E-state index >= 15 is 0 Å². The summed E-state index contributed by atoms with van der Waals surface area (Å²) in [6, 6.07) is 1.81. The Balaban J connectivity index is 2.41. The second-order valence-electron chi connectivity index (χ2n) is 15.8. The van der Waals surface area contributed by atoms with Gasteiger partial charge in [0.05, 0.1) is 28.3 Å². The lowest BCUT2D eigenvalue weighted by molar-refractivity contribution is -0.134. The van der Waals surface area contributed by atoms with Gasteiger partial charge in [-0.2, -0.15) is 0 Å². The van der Waals surface area contributed by atoms with Crippen LogP contribution in [0.2, 0.25) is 0 Å². The third kappa shape index (κ3) is 17.3. The number of primary amides is 1. The molecule has 1 heterocycles. The van der Waals surface area contributed by atoms with Crippen LogP contribution in [-0.4, -0.2) is 88.9 Å². The second-order valence-corrected chi connectivity index (χ2v) is 16.9. The Hall–Kier alpha value is -5.10. The lowest BCUT2D eigenvalue weighted by Gasteiger charge is -2.25. The Labute approximate surface area is 350 Å². The molecule has 0 spiro atoms. The van der Waals surface area contributed by atoms with E-state index < -0.39 is 65.2 Å². The van der Waals surface area contributed by atoms with Gasteiger partial charge >= 0.3 is 0 Å². The van der Waals surface area contributed by atoms with Crippen molar-refractivity contribution in [2.75, 3.05) is 13.1 Å². The molecule has 2 rings (SSSR count). The fraction of sp³-hybridized carbons (Fsp3) is 0.610. The van der Waals surface area contributed by atoms with Crippen LogP contribution in [0.1, 0.15) is 126 Å². The van der Waals surface area contributed by atoms with Crippen LogP contribution in [0.15, 0.2) is 23.2 Å². The van der Waals surface area contributed by atoms with Gasteiger partial charge in [0.25, 0.3) is 5.91 Å². The molecular weight excluding hydrogens is 779 g/mol. The minimum Gasteiger partial charge on any atom is -0.370 e. The largest absolute Gasteiger partial charge is 0.370 e. The predicted molar refractivity (Wildman–Crippen MR) is 227 cm³/mol. The monoisotopic (exact) mass is 841 g/mol. The molecule has 0 unspecified atom stereocenters. The number of thiazole rings is 1. The van der Waals surface area contributed by atoms with Gasteiger partial charge in [0, 0.05) is 43.2 Å². The summed E-state index contributed by atoms with van der Waals surface area (Å²) in [5, 5.41) is 8.40. The van der Waals surface area contributed by atoms with Crippen LogP contribution >= 0.6 is 11.3 Å². The Morgan fingerprint density at radius 3 is 2.03 bits per heavy atom. The fourth-order valence-electron chi connectivity index (χ4n) is 6.68. The molecule has 0 saturated carbocycles. The van der Waals surface area contributed by atoms with Gasteiger partial charge in [0.15, 0.2) is 22.5 Å². The molecule has 5 atom stereocenters. The van der Waals surface area contributed by atoms with Gasteiger partial charge in [0.1, 0.15) is 5.78 Å². The molecule has 2 aromatic rings. The van der Waals surface area contributed by atoms with E-state index in [1.54, 1.807) is 18.2 Å². The maximum absolute atomic E-state index is 14.1. The van der Waals surface area contributed by atoms with E-state index in [4.69, 9.17) is 22.9 Å². The Kier molecular flexibility index (Phi) is 21.0. The summed E-state index contributed by atoms with van der Waals surface area (Å²) in [7, 11) is 0. The first-order chi connectivity index (χ1) is 27.7. The average Bonchev–Trinajstić information content (AvgIpc) is 3.58. The topological polar surface area (TPSA) is 302 Å². The fourth-order valence-corrected chi connectivity index (χ4v) is 7.68. The van der Waals surface area contributed by atoms with Crippen molar-refractivity contribution in [2.24, 2.45) is 51.6 Å². The van der Waals surface area contributed by atoms with Crippen LogP contribution in [0.5, 0.6) is 0 Å². The second kappa shape index (κ2) is 24.7. The summed E-state index contributed by atoms with van der Waals surface area (Å²) in [6.07, 6.45) is 1.63. The SMILES string of the molecule is CC(=O)C[C@@H](CCCCN)C(=O)N[C@@H](CCC(N)=O)C(=O)C[C@@H](CC(C)C)C(=O)N[C@@H](CCCN=C(N)N)C(=O)c1nc2ccc(C(=O)N[C@H](C(C)=O)C(C)C)cc2s1. The van der Waals surface area contributed by atoms with Crippen molar-refractivity contribution in [1.82, 2.24) is 20.9 Å². The molecule has 0 aliphatic carbocycles. The summed E-state index contributed by atoms with van der Waals surface area (Å²) < 4.78 is 0.535. The summed E-state index contributed by atoms with van der Waals surface area (Å²) >= 11 is 1.04. The smallest absolute Gasteiger partial charge is 0.251 e. The molecule has 0 radical (unpaired) electrons. The highest BCUT2D eigenvalue weighted by Crippen LogP contribution is 2.26. The summed E-state index contributed by atoms with van der Waals surface area (Å²) in [6.45, 7) is 10.8. The summed E-state index contributed by atoms with van der Waals surface area (Å²) in [5.74, 6) is -5.56. The molecule has 59 heavy (non-hydrogen) atoms. The maximum atomic E-state index is 14.1. The summed E-state index contributed by atoms with van der Waals surface area (Å²) in [5.41, 5.74) is 22.7. The van der Waals surface area contributed by atoms with Crippen LogP contribution < -0.4 is 38.9 Å². The molecule has 18 heteroatoms. The number of unbranched alkanes of at least 4 members (excludes halogenated alkanes) is 1. The van der Waals surface area contributed by atoms with Crippen molar-refractivity contribution in [3.63, 3.8) is 0 Å². The summed E-state index contributed by atoms with van der Waals surface area (Å²) in [4.78, 5) is 113. The minimum atomic E-state index is -1.16. The third-order valence-electron chi connectivity index (χ3n) is 9.70. The van der Waals surface area contributed by atoms with Crippen molar-refractivity contribution >= 4 is 74.3 Å². The number of carbonyl (C=O) groups excluding carboxylic acids is 8. The molecule has 11 N–H and O–H groups in total. The number of hydrogen-bond acceptors (Lipinski definition) is 12. The zero-order valence-electron chi connectivity index (χ0n) is 35.1. The predicted octanol–water partition coefficient (Wildman–Crippen LogP) is 2.46. The Bertz CT molecular complexity index is 1840. The van der Waals surface area contributed by atoms with Gasteiger partial charge < -0.3 is 43.7 Å². The molecule has 0 aliphatic heterocycles. The van der Waals surface area contributed by atoms with Gasteiger partial charge in [-0.25, -0.2) is 4.98 Å². The molecule has 0 aliphatic rings. The molecule has 0 saturated heterocycles. The zero-order valence-corrected chi connectivity index (χ0v) is 36.0. The van der Waals surface area contributed by atoms with Crippen molar-refractivity contribution in [3.05, 3.63) is 28.8 Å². The number of aliphatic imine (C=N–C) groups is 1. The average molecular weight is 842 g/mol. The molecule has 0 bridgehead atoms. The van der Waals surface area contributed by atoms with E-state index in [9.17, 15) is 38.4 Å². The van der Waals surface area contributed by atoms with E-state index in [0.29, 0.717) is 42.4 Å². The maximum Gasteiger partial charge on any atom is 0.251 e. The van der Waals surface area contributed by atoms with Gasteiger partial charge in [-0.15, -0.1) is 11.3 Å². The number of benzene rings is 1. The van der Waals surface area contributed by atoms with Crippen molar-refractivity contribution in [2.45, 2.75) is 124 Å². The third-order valence-corrected chi connectivity index (χ3v) is 10.7. The molecule has 17 nitrogen and oxygen atoms in total. The van der Waals surface area contributed by atoms with Crippen LogP contribution in [-0.2, 0) is 28.8 Å². The van der Waals surface area contributed by atoms with Crippen molar-refractivity contribution in [3.8, 4) is 0 Å². The molecule has 4 amide bonds. The quantitative estimate of drug-likeness (QED) is 0.0281. The molecule has 1 aromatic heterocycles. The first kappa shape index (κ1) is 50.0. The number of hydrogen-bond donors (Lipinski definition) is 7. The zero-order chi connectivity index (χ0) is 44.4. The molecule has 1 aromatic carbocycles. The first-order valence-corrected chi connectivity index (χ1v) is 21.0. The Morgan fingerprint density at radius 1 is 0.797 bits per heavy atom. The number of fused-ring (bicyclic) bond motifs is 1. The van der Waals surface area contributed by atoms with Gasteiger partial charge in [-0.3, -0.25) is 38.6 Å². The number of guanidine groups is 1. The normalized spacial score (nSPS) is 13.8. The number of Topliss-reactive ketones (excluding diaryl/α,β-unsaturated/α-hetero) is 4. The number of nitrogens with zero attached hydrogens (tertiary/aromatic N) is 2. The number of carbonyl (C=O) groups is 8. The highest BCUT2D eigenvalue weighted by molar-refractivity contribution is 7.20. The van der Waals surface area contributed by atoms with E-state index in [1.165, 1.54) is 13.8 Å². The van der Waals surface area contributed by atoms with Crippen LogP contribution in [0.4, 0.5) is 0 Å². The van der Waals surface area contributed by atoms with Crippen molar-refractivity contribution < 1.29 is 38.4 Å². The van der Waals surface area contributed by atoms with Crippen LogP contribution in [0, 0.1) is 23.7 Å². The molecule has 326 valence electrons. The minimum absolute atomic E-state index is 0.0326. The Morgan fingerprint density at radius 2 is 1.46 bits per heavy atom. The molecular formula is C41H63N9O8S. The number of nitrogens with one attached hydrogen (secondary N) is 3. The number of ketones is 4. The van der Waals surface area contributed by atoms with E-state index in [-0.39, 0.29) is 85.0 Å². The van der Waals surface area contributed by atoms with Crippen LogP contribution in [0.25, 0.3) is 10.2 Å². The van der Waals surface area contributed by atoms with Gasteiger partial charge in [-0.1, -0.05) is 34.1 Å². The van der Waals surface area contributed by atoms with E-state index in [0.717, 1.165) is 11.3 Å². The highest BCUT2D eigenvalue weighted by atomic mass is 32.1. The molecule has 0 fully saturated rings. The number of rotatable bonds is 28. The number of amides is 4. The standard InChI is InChI=1S/C41H63N9O8S/c1-22(2)18-28(20-32(53)29(14-15-34(43)54)47-37(56)26(19-24(5)51)10-7-8-16-42)39(58)48-31(11-9-17-46-41(44)45)36(55)40-49-30-13-12-27(21-33(30)59-40)38(57)50-35(23(3)4)25(6)52/h12-13,21-23,26,28-29,31,35H,7-11,14-20,42H2,1-6H3,(H2,43,54)(H,47,56)(H,48,58)(H,50,57)(H4,44,45,46)/t26-,28-,29+,31+,35+/m1/s1. The lowest BCUT2D eigenvalue weighted by atomic mass is 9.88. The van der Waals surface area contributed by atoms with E-state index in [1.807, 2.05) is 27.7 Å². The van der Waals surface area contributed by atoms with Crippen LogP contribution in [0.3, 0.4) is 0 Å². The van der Waals surface area contributed by atoms with Gasteiger partial charge in [0.2, 0.25) is 23.5 Å². The highest BCUT2D eigenvalue weighted by Gasteiger charge is 2.33. The first-order valence-electron chi connectivity index (χ1n) is 20.2. The number of nitrogens with two attached hydrogens (primary N) is 4. The van der Waals surface area contributed by atoms with Gasteiger partial charge in [-0.05, 0) is 89.0 Å². The number of aromatic nitrogens is 1. The van der Waals surface area contributed by atoms with E-state index in [2.05, 4.69) is 25.9 Å².